The Morgan fingerprint density at radius 3 is 1.50 bits per heavy atom. The monoisotopic (exact) mass is 608 g/mol. The van der Waals surface area contributed by atoms with Crippen molar-refractivity contribution in [2.45, 2.75) is 66.6 Å². The third-order valence-electron chi connectivity index (χ3n) is 7.01. The van der Waals surface area contributed by atoms with E-state index in [1.165, 1.54) is 0 Å². The lowest BCUT2D eigenvalue weighted by atomic mass is 9.77. The van der Waals surface area contributed by atoms with E-state index in [1.807, 2.05) is 76.2 Å². The number of hydrogen-bond donors (Lipinski definition) is 0. The summed E-state index contributed by atoms with van der Waals surface area (Å²) >= 11 is 3.20. The Hall–Kier alpha value is -2.94. The summed E-state index contributed by atoms with van der Waals surface area (Å²) in [6.45, 7) is 15.1. The van der Waals surface area contributed by atoms with Crippen LogP contribution in [-0.2, 0) is 9.31 Å². The minimum absolute atomic E-state index is 0.130. The number of halogens is 3. The maximum atomic E-state index is 13.6. The SMILES string of the molecule is Brc1ccccn1.Cc1cc(-c2ccccn2)cc(C)c1F.Cc1cc(B2OC(C)(C)C(C)(C)O2)cc(C)c1F. The Bertz CT molecular complexity index is 1370. The van der Waals surface area contributed by atoms with E-state index in [-0.39, 0.29) is 22.8 Å². The summed E-state index contributed by atoms with van der Waals surface area (Å²) in [6.07, 6.45) is 3.48. The first-order chi connectivity index (χ1) is 18.7. The molecule has 0 radical (unpaired) electrons. The van der Waals surface area contributed by atoms with Gasteiger partial charge in [0.1, 0.15) is 16.2 Å². The number of hydrogen-bond acceptors (Lipinski definition) is 4. The van der Waals surface area contributed by atoms with Crippen LogP contribution >= 0.6 is 15.9 Å². The largest absolute Gasteiger partial charge is 0.494 e. The first-order valence-electron chi connectivity index (χ1n) is 13.1. The normalized spacial score (nSPS) is 15.0. The van der Waals surface area contributed by atoms with Crippen LogP contribution in [0.1, 0.15) is 49.9 Å². The maximum Gasteiger partial charge on any atom is 0.494 e. The molecule has 210 valence electrons. The zero-order chi connectivity index (χ0) is 29.7. The lowest BCUT2D eigenvalue weighted by Gasteiger charge is -2.32. The molecule has 0 bridgehead atoms. The van der Waals surface area contributed by atoms with Gasteiger partial charge in [0.2, 0.25) is 0 Å². The predicted molar refractivity (Wildman–Crippen MR) is 163 cm³/mol. The highest BCUT2D eigenvalue weighted by Crippen LogP contribution is 2.36. The topological polar surface area (TPSA) is 44.2 Å². The maximum absolute atomic E-state index is 13.6. The summed E-state index contributed by atoms with van der Waals surface area (Å²) in [4.78, 5) is 8.13. The number of aromatic nitrogens is 2. The first-order valence-corrected chi connectivity index (χ1v) is 13.9. The van der Waals surface area contributed by atoms with Gasteiger partial charge in [0.05, 0.1) is 16.9 Å². The lowest BCUT2D eigenvalue weighted by Crippen LogP contribution is -2.41. The summed E-state index contributed by atoms with van der Waals surface area (Å²) in [6, 6.07) is 18.7. The minimum atomic E-state index is -0.423. The molecular formula is C32H36BBrF2N2O2. The van der Waals surface area contributed by atoms with Crippen LogP contribution in [0.5, 0.6) is 0 Å². The molecule has 0 amide bonds. The van der Waals surface area contributed by atoms with Crippen molar-refractivity contribution in [1.29, 1.82) is 0 Å². The van der Waals surface area contributed by atoms with Gasteiger partial charge >= 0.3 is 7.12 Å². The van der Waals surface area contributed by atoms with Crippen molar-refractivity contribution in [2.24, 2.45) is 0 Å². The molecule has 1 aliphatic rings. The van der Waals surface area contributed by atoms with Crippen LogP contribution in [0.2, 0.25) is 0 Å². The van der Waals surface area contributed by atoms with Crippen molar-refractivity contribution in [3.63, 3.8) is 0 Å². The molecular weight excluding hydrogens is 573 g/mol. The van der Waals surface area contributed by atoms with Crippen LogP contribution in [-0.4, -0.2) is 28.3 Å². The Kier molecular flexibility index (Phi) is 10.4. The van der Waals surface area contributed by atoms with Gasteiger partial charge in [-0.15, -0.1) is 0 Å². The molecule has 8 heteroatoms. The van der Waals surface area contributed by atoms with Crippen LogP contribution in [0.25, 0.3) is 11.3 Å². The highest BCUT2D eigenvalue weighted by atomic mass is 79.9. The second-order valence-corrected chi connectivity index (χ2v) is 11.7. The van der Waals surface area contributed by atoms with E-state index < -0.39 is 7.12 Å². The third kappa shape index (κ3) is 7.84. The highest BCUT2D eigenvalue weighted by Gasteiger charge is 2.51. The van der Waals surface area contributed by atoms with Gasteiger partial charge in [-0.1, -0.05) is 24.3 Å². The average molecular weight is 609 g/mol. The second-order valence-electron chi connectivity index (χ2n) is 10.8. The fourth-order valence-electron chi connectivity index (χ4n) is 4.06. The summed E-state index contributed by atoms with van der Waals surface area (Å²) < 4.78 is 39.8. The molecule has 0 atom stereocenters. The van der Waals surface area contributed by atoms with Crippen LogP contribution < -0.4 is 5.46 Å². The molecule has 0 spiro atoms. The average Bonchev–Trinajstić information content (AvgIpc) is 3.13. The fraction of sp³-hybridized carbons (Fsp3) is 0.312. The van der Waals surface area contributed by atoms with Crippen molar-refractivity contribution in [3.8, 4) is 11.3 Å². The minimum Gasteiger partial charge on any atom is -0.399 e. The summed E-state index contributed by atoms with van der Waals surface area (Å²) in [7, 11) is -0.423. The molecule has 0 saturated carbocycles. The highest BCUT2D eigenvalue weighted by molar-refractivity contribution is 9.10. The van der Waals surface area contributed by atoms with E-state index in [4.69, 9.17) is 9.31 Å². The van der Waals surface area contributed by atoms with E-state index >= 15 is 0 Å². The predicted octanol–water partition coefficient (Wildman–Crippen LogP) is 8.09. The Morgan fingerprint density at radius 1 is 0.675 bits per heavy atom. The van der Waals surface area contributed by atoms with E-state index in [9.17, 15) is 8.78 Å². The molecule has 4 aromatic rings. The van der Waals surface area contributed by atoms with Gasteiger partial charge in [0.25, 0.3) is 0 Å². The Labute approximate surface area is 245 Å². The molecule has 4 nitrogen and oxygen atoms in total. The zero-order valence-corrected chi connectivity index (χ0v) is 25.9. The number of rotatable bonds is 2. The lowest BCUT2D eigenvalue weighted by molar-refractivity contribution is 0.00578. The molecule has 5 rings (SSSR count). The number of aryl methyl sites for hydroxylation is 4. The molecule has 1 fully saturated rings. The van der Waals surface area contributed by atoms with Gasteiger partial charge in [-0.3, -0.25) is 4.98 Å². The van der Waals surface area contributed by atoms with Crippen LogP contribution in [0.15, 0.2) is 77.7 Å². The van der Waals surface area contributed by atoms with Gasteiger partial charge in [-0.2, -0.15) is 0 Å². The van der Waals surface area contributed by atoms with Gasteiger partial charge in [-0.05, 0) is 135 Å². The summed E-state index contributed by atoms with van der Waals surface area (Å²) in [5, 5.41) is 0. The standard InChI is InChI=1S/C14H20BFO2.C13H12FN.C5H4BrN/c1-9-7-11(8-10(2)12(9)16)15-17-13(3,4)14(5,6)18-15;1-9-7-11(8-10(2)13(9)14)12-5-3-4-6-15-12;6-5-3-1-2-4-7-5/h7-8H,1-6H3;3-8H,1-2H3;1-4H. The second kappa shape index (κ2) is 13.2. The van der Waals surface area contributed by atoms with Gasteiger partial charge < -0.3 is 9.31 Å². The van der Waals surface area contributed by atoms with Crippen molar-refractivity contribution >= 4 is 28.5 Å². The number of pyridine rings is 2. The van der Waals surface area contributed by atoms with Crippen molar-refractivity contribution in [3.05, 3.63) is 112 Å². The van der Waals surface area contributed by atoms with E-state index in [0.717, 1.165) is 21.3 Å². The molecule has 40 heavy (non-hydrogen) atoms. The fourth-order valence-corrected chi connectivity index (χ4v) is 4.33. The quantitative estimate of drug-likeness (QED) is 0.170. The summed E-state index contributed by atoms with van der Waals surface area (Å²) in [5.74, 6) is -0.287. The van der Waals surface area contributed by atoms with Gasteiger partial charge in [-0.25, -0.2) is 13.8 Å². The number of benzene rings is 2. The summed E-state index contributed by atoms with van der Waals surface area (Å²) in [5.41, 5.74) is 4.56. The van der Waals surface area contributed by atoms with Gasteiger partial charge in [0, 0.05) is 18.0 Å². The van der Waals surface area contributed by atoms with E-state index in [2.05, 4.69) is 25.9 Å². The number of nitrogens with zero attached hydrogens (tertiary/aromatic N) is 2. The van der Waals surface area contributed by atoms with Crippen molar-refractivity contribution in [2.75, 3.05) is 0 Å². The van der Waals surface area contributed by atoms with Crippen LogP contribution in [0, 0.1) is 39.3 Å². The van der Waals surface area contributed by atoms with Crippen molar-refractivity contribution in [1.82, 2.24) is 9.97 Å². The van der Waals surface area contributed by atoms with E-state index in [1.54, 1.807) is 52.2 Å². The Balaban J connectivity index is 0.000000180. The van der Waals surface area contributed by atoms with Gasteiger partial charge in [0.15, 0.2) is 0 Å². The molecule has 1 aliphatic heterocycles. The van der Waals surface area contributed by atoms with Crippen molar-refractivity contribution < 1.29 is 18.1 Å². The van der Waals surface area contributed by atoms with Crippen LogP contribution in [0.4, 0.5) is 8.78 Å². The molecule has 2 aromatic heterocycles. The molecule has 3 heterocycles. The molecule has 1 saturated heterocycles. The zero-order valence-electron chi connectivity index (χ0n) is 24.4. The first kappa shape index (κ1) is 31.6. The molecule has 0 unspecified atom stereocenters. The third-order valence-corrected chi connectivity index (χ3v) is 7.48. The molecule has 2 aromatic carbocycles. The molecule has 0 aliphatic carbocycles. The smallest absolute Gasteiger partial charge is 0.399 e. The van der Waals surface area contributed by atoms with Crippen LogP contribution in [0.3, 0.4) is 0 Å². The molecule has 0 N–H and O–H groups in total. The van der Waals surface area contributed by atoms with E-state index in [0.29, 0.717) is 22.3 Å². The Morgan fingerprint density at radius 2 is 1.12 bits per heavy atom.